The summed E-state index contributed by atoms with van der Waals surface area (Å²) in [5.74, 6) is 2.37. The van der Waals surface area contributed by atoms with Crippen LogP contribution in [0.5, 0.6) is 0 Å². The van der Waals surface area contributed by atoms with Crippen molar-refractivity contribution in [1.29, 1.82) is 0 Å². The van der Waals surface area contributed by atoms with Gasteiger partial charge in [-0.3, -0.25) is 0 Å². The molecule has 2 aliphatic carbocycles. The number of rotatable bonds is 2. The summed E-state index contributed by atoms with van der Waals surface area (Å²) >= 11 is 0. The first-order chi connectivity index (χ1) is 10.5. The van der Waals surface area contributed by atoms with E-state index in [1.165, 1.54) is 12.7 Å². The summed E-state index contributed by atoms with van der Waals surface area (Å²) in [4.78, 5) is 12.2. The van der Waals surface area contributed by atoms with Gasteiger partial charge in [-0.2, -0.15) is 0 Å². The zero-order valence-electron chi connectivity index (χ0n) is 11.6. The first-order valence-electron chi connectivity index (χ1n) is 6.92. The number of nitrogens with two attached hydrogens (primary N) is 1. The van der Waals surface area contributed by atoms with Crippen LogP contribution in [0.3, 0.4) is 0 Å². The largest absolute Gasteiger partial charge is 0.396 e. The van der Waals surface area contributed by atoms with Gasteiger partial charge in [0.1, 0.15) is 17.9 Å². The molecule has 0 radical (unpaired) electrons. The molecule has 0 unspecified atom stereocenters. The van der Waals surface area contributed by atoms with Crippen LogP contribution in [0.1, 0.15) is 12.5 Å². The van der Waals surface area contributed by atoms with Crippen molar-refractivity contribution in [3.05, 3.63) is 12.7 Å². The predicted molar refractivity (Wildman–Crippen MR) is 76.2 cm³/mol. The van der Waals surface area contributed by atoms with Crippen LogP contribution in [-0.4, -0.2) is 53.2 Å². The molecule has 22 heavy (non-hydrogen) atoms. The summed E-state index contributed by atoms with van der Waals surface area (Å²) in [6.45, 7) is -0.282. The number of fused-ring (bicyclic) bond motifs is 2. The van der Waals surface area contributed by atoms with Gasteiger partial charge in [-0.1, -0.05) is 5.92 Å². The Morgan fingerprint density at radius 2 is 2.23 bits per heavy atom. The van der Waals surface area contributed by atoms with Crippen molar-refractivity contribution in [2.75, 3.05) is 12.3 Å². The van der Waals surface area contributed by atoms with Gasteiger partial charge < -0.3 is 25.6 Å². The lowest BCUT2D eigenvalue weighted by Crippen LogP contribution is -2.48. The van der Waals surface area contributed by atoms with Crippen LogP contribution in [0.2, 0.25) is 0 Å². The summed E-state index contributed by atoms with van der Waals surface area (Å²) in [5.41, 5.74) is 4.02. The van der Waals surface area contributed by atoms with Gasteiger partial charge in [0, 0.05) is 5.41 Å². The minimum atomic E-state index is -1.77. The second-order valence-electron chi connectivity index (χ2n) is 6.05. The first-order valence-corrected chi connectivity index (χ1v) is 6.92. The molecule has 114 valence electrons. The van der Waals surface area contributed by atoms with E-state index in [2.05, 4.69) is 20.9 Å². The number of imidazole rings is 1. The maximum absolute atomic E-state index is 10.7. The molecule has 2 fully saturated rings. The van der Waals surface area contributed by atoms with E-state index in [0.717, 1.165) is 0 Å². The van der Waals surface area contributed by atoms with Crippen molar-refractivity contribution in [2.24, 2.45) is 11.3 Å². The molecule has 2 aliphatic rings. The lowest BCUT2D eigenvalue weighted by molar-refractivity contribution is -0.0808. The van der Waals surface area contributed by atoms with E-state index in [-0.39, 0.29) is 18.3 Å². The number of aromatic nitrogens is 4. The normalized spacial score (nSPS) is 39.6. The van der Waals surface area contributed by atoms with Gasteiger partial charge in [0.25, 0.3) is 0 Å². The molecule has 0 spiro atoms. The SMILES string of the molecule is C#C[C@]1(O)[C@@H](O)[C@H](n2cnc3c(N)ncnc32)[C@H]2C[C@]21CO. The highest BCUT2D eigenvalue weighted by molar-refractivity contribution is 5.81. The predicted octanol–water partition coefficient (Wildman–Crippen LogP) is -1.31. The van der Waals surface area contributed by atoms with E-state index in [9.17, 15) is 15.3 Å². The zero-order valence-corrected chi connectivity index (χ0v) is 11.6. The average molecular weight is 301 g/mol. The average Bonchev–Trinajstić information content (AvgIpc) is 3.05. The smallest absolute Gasteiger partial charge is 0.165 e. The quantitative estimate of drug-likeness (QED) is 0.506. The van der Waals surface area contributed by atoms with Crippen LogP contribution < -0.4 is 5.73 Å². The lowest BCUT2D eigenvalue weighted by Gasteiger charge is -2.32. The second kappa shape index (κ2) is 3.95. The van der Waals surface area contributed by atoms with Gasteiger partial charge in [0.15, 0.2) is 17.1 Å². The summed E-state index contributed by atoms with van der Waals surface area (Å²) < 4.78 is 1.66. The number of nitrogen functional groups attached to an aromatic ring is 1. The summed E-state index contributed by atoms with van der Waals surface area (Å²) in [7, 11) is 0. The molecule has 0 aliphatic heterocycles. The van der Waals surface area contributed by atoms with Crippen molar-refractivity contribution in [3.8, 4) is 12.3 Å². The summed E-state index contributed by atoms with van der Waals surface area (Å²) in [5, 5.41) is 31.0. The molecule has 2 aromatic rings. The molecule has 5 N–H and O–H groups in total. The third-order valence-electron chi connectivity index (χ3n) is 5.27. The minimum absolute atomic E-state index is 0.151. The van der Waals surface area contributed by atoms with E-state index < -0.39 is 23.2 Å². The van der Waals surface area contributed by atoms with Crippen LogP contribution in [0.4, 0.5) is 5.82 Å². The maximum Gasteiger partial charge on any atom is 0.165 e. The molecule has 8 nitrogen and oxygen atoms in total. The van der Waals surface area contributed by atoms with Crippen LogP contribution >= 0.6 is 0 Å². The van der Waals surface area contributed by atoms with Crippen LogP contribution in [0, 0.1) is 23.7 Å². The Kier molecular flexibility index (Phi) is 2.42. The van der Waals surface area contributed by atoms with E-state index in [1.807, 2.05) is 0 Å². The monoisotopic (exact) mass is 301 g/mol. The van der Waals surface area contributed by atoms with Crippen LogP contribution in [-0.2, 0) is 0 Å². The van der Waals surface area contributed by atoms with Gasteiger partial charge in [-0.25, -0.2) is 15.0 Å². The number of nitrogens with zero attached hydrogens (tertiary/aromatic N) is 4. The van der Waals surface area contributed by atoms with E-state index >= 15 is 0 Å². The van der Waals surface area contributed by atoms with E-state index in [0.29, 0.717) is 17.6 Å². The number of aliphatic hydroxyl groups excluding tert-OH is 2. The molecular formula is C14H15N5O3. The Balaban J connectivity index is 1.87. The molecule has 2 aromatic heterocycles. The van der Waals surface area contributed by atoms with Gasteiger partial charge in [0.2, 0.25) is 0 Å². The Labute approximate surface area is 125 Å². The number of aliphatic hydroxyl groups is 3. The van der Waals surface area contributed by atoms with Gasteiger partial charge >= 0.3 is 0 Å². The third kappa shape index (κ3) is 1.27. The fourth-order valence-corrected chi connectivity index (χ4v) is 3.95. The Bertz CT molecular complexity index is 814. The first kappa shape index (κ1) is 13.5. The summed E-state index contributed by atoms with van der Waals surface area (Å²) in [6, 6.07) is -0.521. The fraction of sp³-hybridized carbons (Fsp3) is 0.500. The molecule has 2 saturated carbocycles. The molecule has 2 heterocycles. The maximum atomic E-state index is 10.7. The number of anilines is 1. The second-order valence-corrected chi connectivity index (χ2v) is 6.05. The molecule has 8 heteroatoms. The van der Waals surface area contributed by atoms with Crippen molar-refractivity contribution >= 4 is 17.0 Å². The van der Waals surface area contributed by atoms with Crippen molar-refractivity contribution in [2.45, 2.75) is 24.2 Å². The molecule has 0 aromatic carbocycles. The number of hydrogen-bond acceptors (Lipinski definition) is 7. The third-order valence-corrected chi connectivity index (χ3v) is 5.27. The highest BCUT2D eigenvalue weighted by Crippen LogP contribution is 2.71. The molecule has 0 saturated heterocycles. The van der Waals surface area contributed by atoms with Crippen molar-refractivity contribution in [1.82, 2.24) is 19.5 Å². The van der Waals surface area contributed by atoms with Crippen molar-refractivity contribution < 1.29 is 15.3 Å². The Morgan fingerprint density at radius 1 is 1.45 bits per heavy atom. The molecule has 5 atom stereocenters. The molecule has 0 amide bonds. The topological polar surface area (TPSA) is 130 Å². The Morgan fingerprint density at radius 3 is 2.86 bits per heavy atom. The molecule has 4 rings (SSSR count). The molecule has 0 bridgehead atoms. The van der Waals surface area contributed by atoms with Gasteiger partial charge in [-0.05, 0) is 12.3 Å². The molecular weight excluding hydrogens is 286 g/mol. The van der Waals surface area contributed by atoms with Crippen molar-refractivity contribution in [3.63, 3.8) is 0 Å². The number of terminal acetylenes is 1. The number of hydrogen-bond donors (Lipinski definition) is 4. The van der Waals surface area contributed by atoms with E-state index in [1.54, 1.807) is 4.57 Å². The lowest BCUT2D eigenvalue weighted by atomic mass is 9.84. The van der Waals surface area contributed by atoms with E-state index in [4.69, 9.17) is 12.2 Å². The van der Waals surface area contributed by atoms with Crippen LogP contribution in [0.25, 0.3) is 11.2 Å². The fourth-order valence-electron chi connectivity index (χ4n) is 3.95. The highest BCUT2D eigenvalue weighted by Gasteiger charge is 2.78. The minimum Gasteiger partial charge on any atom is -0.396 e. The highest BCUT2D eigenvalue weighted by atomic mass is 16.4. The van der Waals surface area contributed by atoms with Gasteiger partial charge in [-0.15, -0.1) is 6.42 Å². The van der Waals surface area contributed by atoms with Crippen LogP contribution in [0.15, 0.2) is 12.7 Å². The zero-order chi connectivity index (χ0) is 15.7. The summed E-state index contributed by atoms with van der Waals surface area (Å²) in [6.07, 6.45) is 7.58. The van der Waals surface area contributed by atoms with Gasteiger partial charge in [0.05, 0.1) is 19.0 Å². The Hall–Kier alpha value is -2.21. The standard InChI is InChI=1S/C14H15N5O3/c1-2-14(22)10(21)9(7-3-13(7,14)4-20)19-6-18-8-11(15)16-5-17-12(8)19/h1,5-7,9-10,20-22H,3-4H2,(H2,15,16,17)/t7-,9-,10+,13+,14+/m1/s1.